The van der Waals surface area contributed by atoms with Crippen molar-refractivity contribution in [2.24, 2.45) is 4.99 Å². The molecule has 3 atom stereocenters. The predicted molar refractivity (Wildman–Crippen MR) is 82.8 cm³/mol. The van der Waals surface area contributed by atoms with Gasteiger partial charge in [-0.15, -0.1) is 0 Å². The van der Waals surface area contributed by atoms with Crippen molar-refractivity contribution in [2.75, 3.05) is 6.26 Å². The van der Waals surface area contributed by atoms with E-state index in [9.17, 15) is 4.21 Å². The van der Waals surface area contributed by atoms with Gasteiger partial charge in [0.05, 0.1) is 12.4 Å². The molecule has 0 aliphatic carbocycles. The van der Waals surface area contributed by atoms with Gasteiger partial charge in [-0.25, -0.2) is 4.21 Å². The van der Waals surface area contributed by atoms with Crippen molar-refractivity contribution >= 4 is 17.3 Å². The summed E-state index contributed by atoms with van der Waals surface area (Å²) < 4.78 is 13.8. The summed E-state index contributed by atoms with van der Waals surface area (Å²) in [6, 6.07) is 20.3. The topological polar surface area (TPSA) is 32.7 Å². The highest BCUT2D eigenvalue weighted by atomic mass is 32.2. The van der Waals surface area contributed by atoms with Crippen LogP contribution in [0.2, 0.25) is 0 Å². The van der Waals surface area contributed by atoms with E-state index in [1.165, 1.54) is 0 Å². The van der Waals surface area contributed by atoms with Gasteiger partial charge in [-0.05, 0) is 11.1 Å². The summed E-state index contributed by atoms with van der Waals surface area (Å²) in [6.07, 6.45) is 3.40. The van der Waals surface area contributed by atoms with Crippen molar-refractivity contribution in [2.45, 2.75) is 12.1 Å². The minimum absolute atomic E-state index is 0.00978. The molecule has 0 aromatic heterocycles. The Morgan fingerprint density at radius 1 is 0.950 bits per heavy atom. The van der Waals surface area contributed by atoms with Gasteiger partial charge in [0.25, 0.3) is 0 Å². The third kappa shape index (κ3) is 2.39. The molecular weight excluding hydrogens is 268 g/mol. The van der Waals surface area contributed by atoms with Gasteiger partial charge in [0.1, 0.15) is 17.0 Å². The van der Waals surface area contributed by atoms with Crippen molar-refractivity contribution < 1.29 is 4.21 Å². The zero-order chi connectivity index (χ0) is 13.9. The van der Waals surface area contributed by atoms with Crippen molar-refractivity contribution in [3.8, 4) is 0 Å². The Bertz CT molecular complexity index is 627. The van der Waals surface area contributed by atoms with E-state index >= 15 is 0 Å². The number of benzene rings is 2. The maximum absolute atomic E-state index is 12.0. The summed E-state index contributed by atoms with van der Waals surface area (Å²) in [5.74, 6) is 0. The largest absolute Gasteiger partial charge is 0.272 e. The first-order valence-corrected chi connectivity index (χ1v) is 8.04. The van der Waals surface area contributed by atoms with Crippen LogP contribution in [0.25, 0.3) is 0 Å². The van der Waals surface area contributed by atoms with Gasteiger partial charge in [-0.1, -0.05) is 60.7 Å². The van der Waals surface area contributed by atoms with Crippen LogP contribution in [0.15, 0.2) is 65.7 Å². The molecule has 2 aromatic carbocycles. The average Bonchev–Trinajstić information content (AvgIpc) is 2.94. The van der Waals surface area contributed by atoms with Gasteiger partial charge in [-0.2, -0.15) is 0 Å². The number of rotatable bonds is 3. The van der Waals surface area contributed by atoms with E-state index in [0.29, 0.717) is 0 Å². The second-order valence-corrected chi connectivity index (χ2v) is 6.03. The van der Waals surface area contributed by atoms with E-state index in [1.54, 1.807) is 12.6 Å². The summed E-state index contributed by atoms with van der Waals surface area (Å²) in [4.78, 5) is 4.57. The second-order valence-electron chi connectivity index (χ2n) is 4.76. The maximum Gasteiger partial charge on any atom is 0.117 e. The quantitative estimate of drug-likeness (QED) is 0.852. The fraction of sp³-hybridized carbons (Fsp3) is 0.188. The molecule has 0 amide bonds. The van der Waals surface area contributed by atoms with Gasteiger partial charge < -0.3 is 0 Å². The lowest BCUT2D eigenvalue weighted by Gasteiger charge is -2.26. The number of nitrogens with zero attached hydrogens (tertiary/aromatic N) is 2. The molecule has 4 heteroatoms. The highest BCUT2D eigenvalue weighted by Crippen LogP contribution is 2.40. The monoisotopic (exact) mass is 284 g/mol. The van der Waals surface area contributed by atoms with Gasteiger partial charge >= 0.3 is 0 Å². The first-order chi connectivity index (χ1) is 9.77. The SMILES string of the molecule is CS(=O)N1C=NC(c2ccccc2)C1c1ccccc1. The normalized spacial score (nSPS) is 22.9. The molecule has 0 spiro atoms. The number of hydrogen-bond donors (Lipinski definition) is 0. The predicted octanol–water partition coefficient (Wildman–Crippen LogP) is 3.11. The first kappa shape index (κ1) is 13.1. The van der Waals surface area contributed by atoms with Crippen molar-refractivity contribution in [1.82, 2.24) is 4.31 Å². The van der Waals surface area contributed by atoms with Crippen molar-refractivity contribution in [3.63, 3.8) is 0 Å². The van der Waals surface area contributed by atoms with E-state index in [0.717, 1.165) is 11.1 Å². The molecule has 0 saturated heterocycles. The summed E-state index contributed by atoms with van der Waals surface area (Å²) in [7, 11) is -1.08. The van der Waals surface area contributed by atoms with Gasteiger partial charge in [0.2, 0.25) is 0 Å². The molecule has 0 bridgehead atoms. The standard InChI is InChI=1S/C16H16N2OS/c1-20(19)18-12-17-15(13-8-4-2-5-9-13)16(18)14-10-6-3-7-11-14/h2-12,15-16H,1H3. The third-order valence-electron chi connectivity index (χ3n) is 3.49. The van der Waals surface area contributed by atoms with Crippen molar-refractivity contribution in [1.29, 1.82) is 0 Å². The van der Waals surface area contributed by atoms with E-state index in [1.807, 2.05) is 40.7 Å². The molecule has 0 saturated carbocycles. The van der Waals surface area contributed by atoms with Crippen LogP contribution in [0.5, 0.6) is 0 Å². The van der Waals surface area contributed by atoms with Gasteiger partial charge in [0, 0.05) is 6.26 Å². The van der Waals surface area contributed by atoms with Crippen LogP contribution < -0.4 is 0 Å². The first-order valence-electron chi connectivity index (χ1n) is 6.52. The Balaban J connectivity index is 2.02. The summed E-state index contributed by atoms with van der Waals surface area (Å²) in [5.41, 5.74) is 2.28. The number of hydrogen-bond acceptors (Lipinski definition) is 2. The van der Waals surface area contributed by atoms with Crippen LogP contribution in [0.4, 0.5) is 0 Å². The molecule has 102 valence electrons. The van der Waals surface area contributed by atoms with E-state index < -0.39 is 11.0 Å². The second kappa shape index (κ2) is 5.59. The van der Waals surface area contributed by atoms with Crippen LogP contribution in [-0.2, 0) is 11.0 Å². The summed E-state index contributed by atoms with van der Waals surface area (Å²) in [6.45, 7) is 0. The molecule has 0 fully saturated rings. The Labute approximate surface area is 121 Å². The third-order valence-corrected chi connectivity index (χ3v) is 4.41. The fourth-order valence-electron chi connectivity index (χ4n) is 2.55. The molecule has 0 radical (unpaired) electrons. The van der Waals surface area contributed by atoms with Crippen molar-refractivity contribution in [3.05, 3.63) is 71.8 Å². The lowest BCUT2D eigenvalue weighted by atomic mass is 9.95. The summed E-state index contributed by atoms with van der Waals surface area (Å²) in [5, 5.41) is 0. The highest BCUT2D eigenvalue weighted by Gasteiger charge is 2.34. The van der Waals surface area contributed by atoms with E-state index in [2.05, 4.69) is 29.3 Å². The molecule has 1 aliphatic heterocycles. The zero-order valence-electron chi connectivity index (χ0n) is 11.2. The lowest BCUT2D eigenvalue weighted by molar-refractivity contribution is 0.450. The minimum Gasteiger partial charge on any atom is -0.272 e. The highest BCUT2D eigenvalue weighted by molar-refractivity contribution is 7.82. The average molecular weight is 284 g/mol. The fourth-order valence-corrected chi connectivity index (χ4v) is 3.30. The lowest BCUT2D eigenvalue weighted by Crippen LogP contribution is -2.27. The molecule has 3 nitrogen and oxygen atoms in total. The molecule has 2 aromatic rings. The zero-order valence-corrected chi connectivity index (χ0v) is 12.0. The molecule has 3 unspecified atom stereocenters. The summed E-state index contributed by atoms with van der Waals surface area (Å²) >= 11 is 0. The van der Waals surface area contributed by atoms with Gasteiger partial charge in [-0.3, -0.25) is 9.30 Å². The molecule has 0 N–H and O–H groups in total. The maximum atomic E-state index is 12.0. The van der Waals surface area contributed by atoms with E-state index in [-0.39, 0.29) is 12.1 Å². The van der Waals surface area contributed by atoms with Crippen LogP contribution in [0.1, 0.15) is 23.2 Å². The van der Waals surface area contributed by atoms with Crippen LogP contribution in [0, 0.1) is 0 Å². The van der Waals surface area contributed by atoms with Crippen LogP contribution in [-0.4, -0.2) is 21.1 Å². The van der Waals surface area contributed by atoms with Gasteiger partial charge in [0.15, 0.2) is 0 Å². The Kier molecular flexibility index (Phi) is 3.65. The van der Waals surface area contributed by atoms with Crippen LogP contribution >= 0.6 is 0 Å². The van der Waals surface area contributed by atoms with E-state index in [4.69, 9.17) is 0 Å². The molecular formula is C16H16N2OS. The van der Waals surface area contributed by atoms with Crippen LogP contribution in [0.3, 0.4) is 0 Å². The minimum atomic E-state index is -1.08. The Morgan fingerprint density at radius 2 is 1.50 bits per heavy atom. The smallest absolute Gasteiger partial charge is 0.117 e. The molecule has 3 rings (SSSR count). The molecule has 20 heavy (non-hydrogen) atoms. The number of aliphatic imine (C=N–C) groups is 1. The molecule has 1 aliphatic rings. The molecule has 1 heterocycles. The Morgan fingerprint density at radius 3 is 2.05 bits per heavy atom. The Hall–Kier alpha value is -1.94.